The maximum atomic E-state index is 12.6. The number of thiophene rings is 1. The summed E-state index contributed by atoms with van der Waals surface area (Å²) < 4.78 is 0. The quantitative estimate of drug-likeness (QED) is 0.839. The molecule has 132 valence electrons. The van der Waals surface area contributed by atoms with Gasteiger partial charge in [-0.3, -0.25) is 14.7 Å². The zero-order valence-corrected chi connectivity index (χ0v) is 15.4. The smallest absolute Gasteiger partial charge is 0.223 e. The number of hydrogen-bond acceptors (Lipinski definition) is 4. The summed E-state index contributed by atoms with van der Waals surface area (Å²) in [7, 11) is 0. The van der Waals surface area contributed by atoms with E-state index in [0.717, 1.165) is 45.4 Å². The molecule has 0 aliphatic carbocycles. The van der Waals surface area contributed by atoms with Crippen molar-refractivity contribution in [2.45, 2.75) is 50.7 Å². The number of rotatable bonds is 4. The number of likely N-dealkylation sites (tertiary alicyclic amines) is 2. The van der Waals surface area contributed by atoms with E-state index in [1.54, 1.807) is 0 Å². The minimum atomic E-state index is 0.0601. The lowest BCUT2D eigenvalue weighted by Gasteiger charge is -2.38. The average molecular weight is 356 g/mol. The van der Waals surface area contributed by atoms with Crippen molar-refractivity contribution < 1.29 is 4.79 Å². The molecule has 1 spiro atoms. The van der Waals surface area contributed by atoms with Crippen molar-refractivity contribution in [3.05, 3.63) is 52.5 Å². The van der Waals surface area contributed by atoms with Gasteiger partial charge in [0.25, 0.3) is 0 Å². The number of aromatic nitrogens is 1. The molecule has 0 radical (unpaired) electrons. The summed E-state index contributed by atoms with van der Waals surface area (Å²) in [4.78, 5) is 22.9. The molecule has 2 fully saturated rings. The van der Waals surface area contributed by atoms with E-state index >= 15 is 0 Å². The Kier molecular flexibility index (Phi) is 4.86. The number of nitrogens with zero attached hydrogens (tertiary/aromatic N) is 3. The van der Waals surface area contributed by atoms with Crippen molar-refractivity contribution in [1.29, 1.82) is 0 Å². The van der Waals surface area contributed by atoms with Crippen LogP contribution in [0.2, 0.25) is 0 Å². The SMILES string of the molecule is O=C1CC[C@]2(CCCN(Cc3cccs3)CC2)N1Cc1ccncc1. The second-order valence-electron chi connectivity index (χ2n) is 7.27. The lowest BCUT2D eigenvalue weighted by Crippen LogP contribution is -2.45. The minimum absolute atomic E-state index is 0.0601. The van der Waals surface area contributed by atoms with Gasteiger partial charge in [0.2, 0.25) is 5.91 Å². The fraction of sp³-hybridized carbons (Fsp3) is 0.500. The van der Waals surface area contributed by atoms with E-state index in [1.165, 1.54) is 16.9 Å². The highest BCUT2D eigenvalue weighted by Gasteiger charge is 2.45. The summed E-state index contributed by atoms with van der Waals surface area (Å²) in [6.45, 7) is 3.99. The molecule has 0 bridgehead atoms. The van der Waals surface area contributed by atoms with Crippen LogP contribution in [-0.2, 0) is 17.9 Å². The molecule has 1 amide bonds. The summed E-state index contributed by atoms with van der Waals surface area (Å²) >= 11 is 1.84. The van der Waals surface area contributed by atoms with Crippen molar-refractivity contribution in [2.75, 3.05) is 13.1 Å². The van der Waals surface area contributed by atoms with Crippen LogP contribution in [0.15, 0.2) is 42.0 Å². The van der Waals surface area contributed by atoms with Crippen molar-refractivity contribution in [1.82, 2.24) is 14.8 Å². The Morgan fingerprint density at radius 2 is 1.96 bits per heavy atom. The highest BCUT2D eigenvalue weighted by molar-refractivity contribution is 7.09. The average Bonchev–Trinajstić information content (AvgIpc) is 3.18. The van der Waals surface area contributed by atoms with E-state index in [1.807, 2.05) is 35.9 Å². The summed E-state index contributed by atoms with van der Waals surface area (Å²) in [5.74, 6) is 0.323. The standard InChI is InChI=1S/C20H25N3OS/c24-19-4-8-20(23(19)15-17-5-10-21-11-6-17)7-2-12-22(13-9-20)16-18-3-1-14-25-18/h1,3,5-6,10-11,14H,2,4,7-9,12-13,15-16H2/t20-/m0/s1. The van der Waals surface area contributed by atoms with Crippen LogP contribution in [0.25, 0.3) is 0 Å². The molecule has 2 aliphatic rings. The number of carbonyl (C=O) groups is 1. The molecular weight excluding hydrogens is 330 g/mol. The summed E-state index contributed by atoms with van der Waals surface area (Å²) in [5.41, 5.74) is 1.24. The van der Waals surface area contributed by atoms with E-state index in [-0.39, 0.29) is 5.54 Å². The maximum absolute atomic E-state index is 12.6. The number of amides is 1. The van der Waals surface area contributed by atoms with Gasteiger partial charge in [0.1, 0.15) is 0 Å². The molecule has 25 heavy (non-hydrogen) atoms. The maximum Gasteiger partial charge on any atom is 0.223 e. The van der Waals surface area contributed by atoms with Crippen LogP contribution in [0.3, 0.4) is 0 Å². The van der Waals surface area contributed by atoms with Gasteiger partial charge in [-0.2, -0.15) is 0 Å². The van der Waals surface area contributed by atoms with E-state index < -0.39 is 0 Å². The zero-order chi connectivity index (χ0) is 17.1. The van der Waals surface area contributed by atoms with Crippen LogP contribution in [0.4, 0.5) is 0 Å². The second kappa shape index (κ2) is 7.26. The molecule has 4 rings (SSSR count). The first-order chi connectivity index (χ1) is 12.3. The lowest BCUT2D eigenvalue weighted by molar-refractivity contribution is -0.132. The van der Waals surface area contributed by atoms with Crippen LogP contribution < -0.4 is 0 Å². The molecule has 2 saturated heterocycles. The van der Waals surface area contributed by atoms with Crippen molar-refractivity contribution >= 4 is 17.2 Å². The van der Waals surface area contributed by atoms with Gasteiger partial charge < -0.3 is 4.90 Å². The Hall–Kier alpha value is -1.72. The third-order valence-electron chi connectivity index (χ3n) is 5.74. The first kappa shape index (κ1) is 16.7. The van der Waals surface area contributed by atoms with Gasteiger partial charge in [0, 0.05) is 48.9 Å². The fourth-order valence-electron chi connectivity index (χ4n) is 4.34. The normalized spacial score (nSPS) is 24.8. The molecule has 0 saturated carbocycles. The Bertz CT molecular complexity index is 703. The molecule has 4 heterocycles. The molecule has 1 atom stereocenters. The van der Waals surface area contributed by atoms with Gasteiger partial charge in [0.05, 0.1) is 0 Å². The van der Waals surface area contributed by atoms with Crippen LogP contribution in [0.1, 0.15) is 42.5 Å². The number of hydrogen-bond donors (Lipinski definition) is 0. The minimum Gasteiger partial charge on any atom is -0.333 e. The lowest BCUT2D eigenvalue weighted by atomic mass is 9.87. The molecular formula is C20H25N3OS. The van der Waals surface area contributed by atoms with E-state index in [0.29, 0.717) is 12.3 Å². The summed E-state index contributed by atoms with van der Waals surface area (Å²) in [6, 6.07) is 8.41. The Balaban J connectivity index is 1.47. The molecule has 2 aromatic heterocycles. The molecule has 4 nitrogen and oxygen atoms in total. The Morgan fingerprint density at radius 3 is 2.76 bits per heavy atom. The number of carbonyl (C=O) groups excluding carboxylic acids is 1. The monoisotopic (exact) mass is 355 g/mol. The third kappa shape index (κ3) is 3.62. The predicted octanol–water partition coefficient (Wildman–Crippen LogP) is 3.69. The first-order valence-corrected chi connectivity index (χ1v) is 10.1. The number of pyridine rings is 1. The van der Waals surface area contributed by atoms with E-state index in [4.69, 9.17) is 0 Å². The first-order valence-electron chi connectivity index (χ1n) is 9.19. The van der Waals surface area contributed by atoms with Crippen LogP contribution >= 0.6 is 11.3 Å². The van der Waals surface area contributed by atoms with E-state index in [2.05, 4.69) is 32.3 Å². The van der Waals surface area contributed by atoms with Gasteiger partial charge in [-0.05, 0) is 61.4 Å². The molecule has 5 heteroatoms. The Morgan fingerprint density at radius 1 is 1.08 bits per heavy atom. The molecule has 0 unspecified atom stereocenters. The van der Waals surface area contributed by atoms with Gasteiger partial charge in [-0.25, -0.2) is 0 Å². The highest BCUT2D eigenvalue weighted by Crippen LogP contribution is 2.40. The van der Waals surface area contributed by atoms with Gasteiger partial charge in [0.15, 0.2) is 0 Å². The molecule has 0 aromatic carbocycles. The van der Waals surface area contributed by atoms with Crippen molar-refractivity contribution in [3.8, 4) is 0 Å². The topological polar surface area (TPSA) is 36.4 Å². The zero-order valence-electron chi connectivity index (χ0n) is 14.6. The van der Waals surface area contributed by atoms with Crippen LogP contribution in [0.5, 0.6) is 0 Å². The Labute approximate surface area is 153 Å². The molecule has 2 aromatic rings. The third-order valence-corrected chi connectivity index (χ3v) is 6.60. The fourth-order valence-corrected chi connectivity index (χ4v) is 5.08. The van der Waals surface area contributed by atoms with Gasteiger partial charge in [-0.15, -0.1) is 11.3 Å². The van der Waals surface area contributed by atoms with E-state index in [9.17, 15) is 4.79 Å². The van der Waals surface area contributed by atoms with Gasteiger partial charge >= 0.3 is 0 Å². The van der Waals surface area contributed by atoms with Gasteiger partial charge in [-0.1, -0.05) is 6.07 Å². The second-order valence-corrected chi connectivity index (χ2v) is 8.30. The predicted molar refractivity (Wildman–Crippen MR) is 100 cm³/mol. The van der Waals surface area contributed by atoms with Crippen molar-refractivity contribution in [2.24, 2.45) is 0 Å². The van der Waals surface area contributed by atoms with Crippen LogP contribution in [-0.4, -0.2) is 39.3 Å². The van der Waals surface area contributed by atoms with Crippen LogP contribution in [0, 0.1) is 0 Å². The summed E-state index contributed by atoms with van der Waals surface area (Å²) in [5, 5.41) is 2.15. The molecule has 0 N–H and O–H groups in total. The van der Waals surface area contributed by atoms with Crippen molar-refractivity contribution in [3.63, 3.8) is 0 Å². The largest absolute Gasteiger partial charge is 0.333 e. The highest BCUT2D eigenvalue weighted by atomic mass is 32.1. The summed E-state index contributed by atoms with van der Waals surface area (Å²) in [6.07, 6.45) is 8.75. The molecule has 2 aliphatic heterocycles.